The van der Waals surface area contributed by atoms with E-state index in [2.05, 4.69) is 90.8 Å². The minimum atomic E-state index is -1.16. The molecule has 9 aromatic rings. The lowest BCUT2D eigenvalue weighted by Gasteiger charge is -2.55. The van der Waals surface area contributed by atoms with Crippen LogP contribution in [-0.4, -0.2) is 69.4 Å². The minimum Gasteiger partial charge on any atom is -0.453 e. The second-order valence-electron chi connectivity index (χ2n) is 32.1. The fourth-order valence-corrected chi connectivity index (χ4v) is 18.6. The first-order valence-electron chi connectivity index (χ1n) is 40.5. The van der Waals surface area contributed by atoms with Gasteiger partial charge in [-0.3, -0.25) is 38.1 Å². The van der Waals surface area contributed by atoms with Crippen molar-refractivity contribution in [3.05, 3.63) is 147 Å². The van der Waals surface area contributed by atoms with Gasteiger partial charge in [-0.2, -0.15) is 0 Å². The number of amides is 6. The zero-order chi connectivity index (χ0) is 81.9. The van der Waals surface area contributed by atoms with E-state index in [1.165, 1.54) is 7.11 Å². The highest BCUT2D eigenvalue weighted by atomic mass is 16.6. The molecule has 6 aliphatic rings. The maximum Gasteiger partial charge on any atom is 0.238 e. The Morgan fingerprint density at radius 2 is 0.612 bits per heavy atom. The van der Waals surface area contributed by atoms with Crippen molar-refractivity contribution in [1.29, 1.82) is 0 Å². The molecule has 7 N–H and O–H groups in total. The number of ether oxygens (including phenoxy) is 9. The van der Waals surface area contributed by atoms with Gasteiger partial charge in [0.2, 0.25) is 41.4 Å². The van der Waals surface area contributed by atoms with Crippen molar-refractivity contribution >= 4 is 86.5 Å². The van der Waals surface area contributed by atoms with Gasteiger partial charge in [0.05, 0.1) is 45.2 Å². The Labute approximate surface area is 672 Å². The van der Waals surface area contributed by atoms with Crippen LogP contribution in [-0.2, 0) is 38.9 Å². The topological polar surface area (TPSA) is 313 Å². The summed E-state index contributed by atoms with van der Waals surface area (Å²) >= 11 is 0. The van der Waals surface area contributed by atoms with Crippen LogP contribution < -0.4 is 69.8 Å². The van der Waals surface area contributed by atoms with Crippen LogP contribution >= 0.6 is 0 Å². The maximum atomic E-state index is 15.7. The number of aliphatic hydroxyl groups is 1. The van der Waals surface area contributed by atoms with Gasteiger partial charge in [0.25, 0.3) is 0 Å². The molecule has 5 aliphatic heterocycles. The van der Waals surface area contributed by atoms with Crippen LogP contribution in [0.3, 0.4) is 0 Å². The highest BCUT2D eigenvalue weighted by Crippen LogP contribution is 2.64. The Hall–Kier alpha value is -12.0. The van der Waals surface area contributed by atoms with Gasteiger partial charge in [0.1, 0.15) is 51.8 Å². The molecule has 0 spiro atoms. The van der Waals surface area contributed by atoms with Gasteiger partial charge in [-0.25, -0.2) is 4.98 Å². The Morgan fingerprint density at radius 1 is 0.371 bits per heavy atom. The molecule has 0 saturated heterocycles. The molecule has 1 aliphatic carbocycles. The quantitative estimate of drug-likeness (QED) is 0.0393. The Morgan fingerprint density at radius 3 is 0.853 bits per heavy atom. The predicted molar refractivity (Wildman–Crippen MR) is 439 cm³/mol. The number of carbonyl (C=O) groups is 7. The number of nitrogens with one attached hydrogen (secondary N) is 6. The molecule has 25 heteroatoms. The van der Waals surface area contributed by atoms with Crippen molar-refractivity contribution in [3.8, 4) is 92.0 Å². The molecule has 1 fully saturated rings. The maximum absolute atomic E-state index is 15.7. The summed E-state index contributed by atoms with van der Waals surface area (Å²) in [6, 6.07) is 29.3. The Kier molecular flexibility index (Phi) is 20.2. The average Bonchev–Trinajstić information content (AvgIpc) is 1.46. The van der Waals surface area contributed by atoms with Crippen LogP contribution in [0, 0.1) is 10.8 Å². The standard InChI is InChI=1S/C91H96N8O17/c1-15-44-48-25-50-45(16-2)52-27-54-47(18-4)55-28-53-46(17-3)51-26-49(44)65-38-67(51)112-76-33-60(96-84(104)23-9)61(97-85(105)24-10)34-77(76)114-69(53)40-71(55)116-79-36-63-62(98-86-89(11)41-90(12,87(106)99(63)86)43-91(13,42-89)88(107)108-14)35-78(79)115-70(54)39-68(52)113-75-32-59(95-83(103)22-8)58(94-82(102)21-7)31-74(75)111-66(50)37-64(48)109-72-29-56(92-80(100)19-5)57(30-73(72)110-65)93-81(101)20-6/h25-40,44-47,88,107H,15-24,41-43H2,1-14H3,(H,92,100)(H,93,101)(H,94,102)(H,95,103)(H,96,104)(H,97,105). The van der Waals surface area contributed by atoms with Crippen molar-refractivity contribution < 1.29 is 81.3 Å². The van der Waals surface area contributed by atoms with E-state index in [0.29, 0.717) is 147 Å². The third-order valence-electron chi connectivity index (χ3n) is 24.0. The molecule has 8 aromatic carbocycles. The van der Waals surface area contributed by atoms with E-state index < -0.39 is 46.2 Å². The number of aromatic nitrogens is 2. The molecular formula is C91H96N8O17. The number of nitrogens with zero attached hydrogens (tertiary/aromatic N) is 2. The SMILES string of the molecule is CCC(=O)Nc1cc2c(cc1NC(=O)CC)Oc1cc3c4cc1C(CC)c1cc5c(cc1O2)Oc1cc(NC(=O)CC)c(NC(=O)CC)cc1Oc1cc2c(cc1C5CC)C(CC)c1cc(c(cc1Oc1cc5c(cc1O2)nc1n5C(=O)C2(C)CC1(C)CC(C)(C(O)OC)C2)Oc1cc(NC(=O)CC)c(NC(=O)CC)cc1O3)C4CC. The molecule has 2 bridgehead atoms. The monoisotopic (exact) mass is 1570 g/mol. The lowest BCUT2D eigenvalue weighted by atomic mass is 9.52. The second kappa shape index (κ2) is 30.0. The molecule has 25 nitrogen and oxygen atoms in total. The minimum absolute atomic E-state index is 0.100. The lowest BCUT2D eigenvalue weighted by Crippen LogP contribution is -2.57. The van der Waals surface area contributed by atoms with Gasteiger partial charge in [0.15, 0.2) is 52.3 Å². The van der Waals surface area contributed by atoms with Crippen LogP contribution in [0.4, 0.5) is 34.1 Å². The second-order valence-corrected chi connectivity index (χ2v) is 32.1. The normalized spacial score (nSPS) is 20.6. The number of aliphatic hydroxyl groups excluding tert-OH is 1. The van der Waals surface area contributed by atoms with E-state index in [4.69, 9.17) is 47.6 Å². The van der Waals surface area contributed by atoms with E-state index in [9.17, 15) is 33.9 Å². The van der Waals surface area contributed by atoms with Gasteiger partial charge in [-0.1, -0.05) is 90.0 Å². The number of anilines is 6. The number of hydrogen-bond acceptors (Lipinski definition) is 18. The third kappa shape index (κ3) is 13.5. The molecule has 1 saturated carbocycles. The lowest BCUT2D eigenvalue weighted by molar-refractivity contribution is -0.184. The van der Waals surface area contributed by atoms with Crippen molar-refractivity contribution in [3.63, 3.8) is 0 Å². The zero-order valence-electron chi connectivity index (χ0n) is 67.7. The van der Waals surface area contributed by atoms with Crippen molar-refractivity contribution in [2.45, 2.75) is 209 Å². The number of benzene rings is 8. The van der Waals surface area contributed by atoms with Gasteiger partial charge < -0.3 is 79.6 Å². The summed E-state index contributed by atoms with van der Waals surface area (Å²) in [5, 5.41) is 29.6. The third-order valence-corrected chi connectivity index (χ3v) is 24.0. The fraction of sp³-hybridized carbons (Fsp3) is 0.385. The highest BCUT2D eigenvalue weighted by molar-refractivity contribution is 6.04. The molecular weight excluding hydrogens is 1480 g/mol. The summed E-state index contributed by atoms with van der Waals surface area (Å²) in [6.45, 7) is 24.7. The number of hydrogen-bond donors (Lipinski definition) is 7. The van der Waals surface area contributed by atoms with E-state index in [-0.39, 0.29) is 160 Å². The largest absolute Gasteiger partial charge is 0.453 e. The smallest absolute Gasteiger partial charge is 0.238 e. The fourth-order valence-electron chi connectivity index (χ4n) is 18.6. The summed E-state index contributed by atoms with van der Waals surface area (Å²) in [5.41, 5.74) is 5.40. The highest BCUT2D eigenvalue weighted by Gasteiger charge is 2.61. The molecule has 15 rings (SSSR count). The molecule has 6 heterocycles. The zero-order valence-corrected chi connectivity index (χ0v) is 67.7. The first kappa shape index (κ1) is 78.0. The number of carbonyl (C=O) groups excluding carboxylic acids is 7. The van der Waals surface area contributed by atoms with Gasteiger partial charge >= 0.3 is 0 Å². The van der Waals surface area contributed by atoms with Crippen LogP contribution in [0.15, 0.2) is 97.1 Å². The average molecular weight is 1570 g/mol. The van der Waals surface area contributed by atoms with Crippen molar-refractivity contribution in [2.24, 2.45) is 10.8 Å². The summed E-state index contributed by atoms with van der Waals surface area (Å²) < 4.78 is 67.2. The van der Waals surface area contributed by atoms with E-state index in [1.807, 2.05) is 38.1 Å². The van der Waals surface area contributed by atoms with Crippen LogP contribution in [0.1, 0.15) is 252 Å². The molecule has 602 valence electrons. The Bertz CT molecular complexity index is 5630. The van der Waals surface area contributed by atoms with E-state index in [0.717, 1.165) is 5.56 Å². The molecule has 0 radical (unpaired) electrons. The number of rotatable bonds is 18. The number of methoxy groups -OCH3 is 1. The molecule has 8 unspecified atom stereocenters. The first-order valence-corrected chi connectivity index (χ1v) is 40.5. The van der Waals surface area contributed by atoms with Crippen molar-refractivity contribution in [2.75, 3.05) is 39.0 Å². The van der Waals surface area contributed by atoms with Crippen molar-refractivity contribution in [1.82, 2.24) is 9.55 Å². The van der Waals surface area contributed by atoms with Crippen LogP contribution in [0.5, 0.6) is 92.0 Å². The molecule has 1 aromatic heterocycles. The summed E-state index contributed by atoms with van der Waals surface area (Å²) in [5.74, 6) is -0.172. The van der Waals surface area contributed by atoms with Gasteiger partial charge in [-0.05, 0) is 69.2 Å². The summed E-state index contributed by atoms with van der Waals surface area (Å²) in [4.78, 5) is 103. The van der Waals surface area contributed by atoms with Gasteiger partial charge in [-0.15, -0.1) is 0 Å². The Balaban J connectivity index is 1.05. The van der Waals surface area contributed by atoms with Gasteiger partial charge in [0, 0.05) is 203 Å². The summed E-state index contributed by atoms with van der Waals surface area (Å²) in [7, 11) is 1.47. The molecule has 6 amide bonds. The molecule has 116 heavy (non-hydrogen) atoms. The number of fused-ring (bicyclic) bond motifs is 18. The van der Waals surface area contributed by atoms with E-state index >= 15 is 4.79 Å². The first-order chi connectivity index (χ1) is 55.7. The van der Waals surface area contributed by atoms with Crippen LogP contribution in [0.25, 0.3) is 11.0 Å². The number of imidazole rings is 1. The molecule has 8 atom stereocenters. The summed E-state index contributed by atoms with van der Waals surface area (Å²) in [6.07, 6.45) is 2.46. The van der Waals surface area contributed by atoms with E-state index in [1.54, 1.807) is 94.6 Å². The predicted octanol–water partition coefficient (Wildman–Crippen LogP) is 21.3. The van der Waals surface area contributed by atoms with Crippen LogP contribution in [0.2, 0.25) is 0 Å².